The van der Waals surface area contributed by atoms with Crippen molar-refractivity contribution >= 4 is 0 Å². The smallest absolute Gasteiger partial charge is 0.326 e. The van der Waals surface area contributed by atoms with E-state index in [1.54, 1.807) is 0 Å². The second-order valence-corrected chi connectivity index (χ2v) is 3.47. The highest BCUT2D eigenvalue weighted by Gasteiger charge is 2.33. The van der Waals surface area contributed by atoms with Crippen LogP contribution in [0.3, 0.4) is 0 Å². The van der Waals surface area contributed by atoms with Crippen molar-refractivity contribution < 1.29 is 13.2 Å². The molecule has 0 fully saturated rings. The van der Waals surface area contributed by atoms with Crippen LogP contribution in [0.15, 0.2) is 12.3 Å². The molecule has 0 saturated carbocycles. The molecule has 0 spiro atoms. The van der Waals surface area contributed by atoms with Gasteiger partial charge in [-0.15, -0.1) is 0 Å². The van der Waals surface area contributed by atoms with Gasteiger partial charge in [-0.25, -0.2) is 0 Å². The maximum atomic E-state index is 12.2. The van der Waals surface area contributed by atoms with Gasteiger partial charge in [-0.3, -0.25) is 4.68 Å². The molecular weight excluding hydrogens is 207 g/mol. The molecule has 2 N–H and O–H groups in total. The molecule has 0 aliphatic rings. The van der Waals surface area contributed by atoms with Gasteiger partial charge in [0.2, 0.25) is 0 Å². The van der Waals surface area contributed by atoms with Gasteiger partial charge >= 0.3 is 6.18 Å². The molecular formula is C9H14F3N3. The molecule has 0 aromatic carbocycles. The van der Waals surface area contributed by atoms with E-state index in [1.165, 1.54) is 10.9 Å². The maximum absolute atomic E-state index is 12.2. The van der Waals surface area contributed by atoms with Gasteiger partial charge in [0, 0.05) is 12.2 Å². The number of hydrogen-bond acceptors (Lipinski definition) is 2. The van der Waals surface area contributed by atoms with Crippen molar-refractivity contribution in [1.29, 1.82) is 0 Å². The quantitative estimate of drug-likeness (QED) is 0.845. The lowest BCUT2D eigenvalue weighted by Crippen LogP contribution is -2.26. The number of nitrogens with two attached hydrogens (primary N) is 1. The third-order valence-corrected chi connectivity index (χ3v) is 2.01. The first-order valence-corrected chi connectivity index (χ1v) is 4.79. The Hall–Kier alpha value is -1.04. The third kappa shape index (κ3) is 3.54. The number of halogens is 3. The zero-order valence-corrected chi connectivity index (χ0v) is 8.46. The molecule has 1 aromatic rings. The van der Waals surface area contributed by atoms with E-state index in [0.29, 0.717) is 6.54 Å². The van der Waals surface area contributed by atoms with Crippen molar-refractivity contribution in [2.45, 2.75) is 38.5 Å². The predicted octanol–water partition coefficient (Wildman–Crippen LogP) is 2.03. The molecule has 1 heterocycles. The van der Waals surface area contributed by atoms with E-state index in [9.17, 15) is 13.2 Å². The van der Waals surface area contributed by atoms with E-state index in [4.69, 9.17) is 5.73 Å². The van der Waals surface area contributed by atoms with Gasteiger partial charge in [0.1, 0.15) is 0 Å². The summed E-state index contributed by atoms with van der Waals surface area (Å²) < 4.78 is 37.8. The first-order valence-electron chi connectivity index (χ1n) is 4.79. The number of hydrogen-bond donors (Lipinski definition) is 1. The summed E-state index contributed by atoms with van der Waals surface area (Å²) in [6, 6.07) is 0.814. The summed E-state index contributed by atoms with van der Waals surface area (Å²) in [5, 5.41) is 3.42. The Labute approximate surface area is 86.1 Å². The van der Waals surface area contributed by atoms with Crippen LogP contribution in [-0.4, -0.2) is 15.8 Å². The highest BCUT2D eigenvalue weighted by Crippen LogP contribution is 2.27. The molecule has 0 aliphatic heterocycles. The van der Waals surface area contributed by atoms with Crippen molar-refractivity contribution in [3.05, 3.63) is 18.0 Å². The van der Waals surface area contributed by atoms with Gasteiger partial charge in [-0.05, 0) is 12.5 Å². The molecule has 3 nitrogen and oxygen atoms in total. The molecule has 6 heteroatoms. The molecule has 0 radical (unpaired) electrons. The van der Waals surface area contributed by atoms with Crippen molar-refractivity contribution in [3.63, 3.8) is 0 Å². The van der Waals surface area contributed by atoms with Gasteiger partial charge in [-0.1, -0.05) is 13.3 Å². The number of aromatic nitrogens is 2. The highest BCUT2D eigenvalue weighted by molar-refractivity contribution is 5.03. The Kier molecular flexibility index (Phi) is 3.73. The third-order valence-electron chi connectivity index (χ3n) is 2.01. The van der Waals surface area contributed by atoms with E-state index in [0.717, 1.165) is 18.9 Å². The van der Waals surface area contributed by atoms with Crippen molar-refractivity contribution in [2.75, 3.05) is 0 Å². The lowest BCUT2D eigenvalue weighted by atomic mass is 10.2. The minimum atomic E-state index is -4.37. The van der Waals surface area contributed by atoms with Crippen molar-refractivity contribution in [3.8, 4) is 0 Å². The van der Waals surface area contributed by atoms with Crippen LogP contribution >= 0.6 is 0 Å². The lowest BCUT2D eigenvalue weighted by molar-refractivity contribution is -0.141. The molecule has 0 saturated heterocycles. The average Bonchev–Trinajstić information content (AvgIpc) is 2.52. The largest absolute Gasteiger partial charge is 0.435 e. The van der Waals surface area contributed by atoms with Crippen LogP contribution < -0.4 is 5.73 Å². The molecule has 0 amide bonds. The predicted molar refractivity (Wildman–Crippen MR) is 50.1 cm³/mol. The van der Waals surface area contributed by atoms with E-state index < -0.39 is 11.9 Å². The molecule has 0 aliphatic carbocycles. The molecule has 86 valence electrons. The van der Waals surface area contributed by atoms with Crippen LogP contribution in [0.4, 0.5) is 13.2 Å². The van der Waals surface area contributed by atoms with Crippen LogP contribution in [0, 0.1) is 0 Å². The van der Waals surface area contributed by atoms with E-state index in [1.807, 2.05) is 6.92 Å². The first-order chi connectivity index (χ1) is 6.93. The maximum Gasteiger partial charge on any atom is 0.435 e. The Morgan fingerprint density at radius 2 is 2.20 bits per heavy atom. The minimum Gasteiger partial charge on any atom is -0.326 e. The summed E-state index contributed by atoms with van der Waals surface area (Å²) in [4.78, 5) is 0. The van der Waals surface area contributed by atoms with Crippen LogP contribution in [0.5, 0.6) is 0 Å². The topological polar surface area (TPSA) is 43.8 Å². The second kappa shape index (κ2) is 4.65. The number of rotatable bonds is 4. The van der Waals surface area contributed by atoms with Crippen LogP contribution in [-0.2, 0) is 12.7 Å². The lowest BCUT2D eigenvalue weighted by Gasteiger charge is -2.09. The Balaban J connectivity index is 2.61. The van der Waals surface area contributed by atoms with E-state index >= 15 is 0 Å². The van der Waals surface area contributed by atoms with Crippen molar-refractivity contribution in [1.82, 2.24) is 9.78 Å². The highest BCUT2D eigenvalue weighted by atomic mass is 19.4. The Morgan fingerprint density at radius 3 is 2.67 bits per heavy atom. The summed E-state index contributed by atoms with van der Waals surface area (Å²) in [5.74, 6) is 0. The van der Waals surface area contributed by atoms with Gasteiger partial charge in [-0.2, -0.15) is 18.3 Å². The summed E-state index contributed by atoms with van der Waals surface area (Å²) >= 11 is 0. The Bertz CT molecular complexity index is 306. The average molecular weight is 221 g/mol. The van der Waals surface area contributed by atoms with E-state index in [-0.39, 0.29) is 6.04 Å². The van der Waals surface area contributed by atoms with Crippen LogP contribution in [0.25, 0.3) is 0 Å². The van der Waals surface area contributed by atoms with Gasteiger partial charge in [0.15, 0.2) is 5.69 Å². The second-order valence-electron chi connectivity index (χ2n) is 3.47. The molecule has 15 heavy (non-hydrogen) atoms. The monoisotopic (exact) mass is 221 g/mol. The standard InChI is InChI=1S/C9H14F3N3/c1-2-3-7(13)6-15-5-4-8(14-15)9(10,11)12/h4-5,7H,2-3,6,13H2,1H3. The summed E-state index contributed by atoms with van der Waals surface area (Å²) in [5.41, 5.74) is 4.82. The molecule has 0 bridgehead atoms. The fourth-order valence-corrected chi connectivity index (χ4v) is 1.32. The van der Waals surface area contributed by atoms with Crippen molar-refractivity contribution in [2.24, 2.45) is 5.73 Å². The fourth-order valence-electron chi connectivity index (χ4n) is 1.32. The van der Waals surface area contributed by atoms with Gasteiger partial charge < -0.3 is 5.73 Å². The SMILES string of the molecule is CCCC(N)Cn1ccc(C(F)(F)F)n1. The van der Waals surface area contributed by atoms with Gasteiger partial charge in [0.25, 0.3) is 0 Å². The molecule has 1 aromatic heterocycles. The normalized spacial score (nSPS) is 14.2. The van der Waals surface area contributed by atoms with Gasteiger partial charge in [0.05, 0.1) is 6.54 Å². The zero-order valence-electron chi connectivity index (χ0n) is 8.46. The summed E-state index contributed by atoms with van der Waals surface area (Å²) in [6.07, 6.45) is -1.38. The molecule has 1 rings (SSSR count). The fraction of sp³-hybridized carbons (Fsp3) is 0.667. The first kappa shape index (κ1) is 12.0. The molecule has 1 atom stereocenters. The summed E-state index contributed by atoms with van der Waals surface area (Å²) in [6.45, 7) is 2.30. The Morgan fingerprint density at radius 1 is 1.53 bits per heavy atom. The van der Waals surface area contributed by atoms with Crippen LogP contribution in [0.2, 0.25) is 0 Å². The summed E-state index contributed by atoms with van der Waals surface area (Å²) in [7, 11) is 0. The zero-order chi connectivity index (χ0) is 11.5. The minimum absolute atomic E-state index is 0.143. The molecule has 1 unspecified atom stereocenters. The van der Waals surface area contributed by atoms with E-state index in [2.05, 4.69) is 5.10 Å². The number of nitrogens with zero attached hydrogens (tertiary/aromatic N) is 2. The number of alkyl halides is 3. The van der Waals surface area contributed by atoms with Crippen LogP contribution in [0.1, 0.15) is 25.5 Å².